The minimum atomic E-state index is -4.27. The fraction of sp³-hybridized carbons (Fsp3) is 0.0682. The third-order valence-electron chi connectivity index (χ3n) is 9.41. The van der Waals surface area contributed by atoms with Crippen molar-refractivity contribution in [3.8, 4) is 22.5 Å². The summed E-state index contributed by atoms with van der Waals surface area (Å²) < 4.78 is 39.6. The molecule has 14 nitrogen and oxygen atoms in total. The molecule has 15 heteroatoms. The number of carbonyl (C=O) groups is 2. The number of benzene rings is 3. The molecule has 0 radical (unpaired) electrons. The van der Waals surface area contributed by atoms with Crippen LogP contribution in [0, 0.1) is 6.92 Å². The summed E-state index contributed by atoms with van der Waals surface area (Å²) in [5.41, 5.74) is 14.4. The van der Waals surface area contributed by atoms with E-state index in [2.05, 4.69) is 68.5 Å². The number of aryl methyl sites for hydroxylation is 3. The van der Waals surface area contributed by atoms with Crippen LogP contribution in [0.5, 0.6) is 0 Å². The molecule has 0 aliphatic carbocycles. The van der Waals surface area contributed by atoms with Gasteiger partial charge in [-0.3, -0.25) is 14.6 Å². The second-order valence-corrected chi connectivity index (χ2v) is 14.8. The van der Waals surface area contributed by atoms with Crippen molar-refractivity contribution in [2.75, 3.05) is 0 Å². The van der Waals surface area contributed by atoms with E-state index in [0.717, 1.165) is 50.5 Å². The Kier molecular flexibility index (Phi) is 11.6. The molecule has 0 saturated carbocycles. The molecular formula is C44H38N9O5S+. The van der Waals surface area contributed by atoms with Gasteiger partial charge in [0.15, 0.2) is 11.4 Å². The largest absolute Gasteiger partial charge is 0.744 e. The second kappa shape index (κ2) is 17.3. The fourth-order valence-electron chi connectivity index (χ4n) is 6.23. The van der Waals surface area contributed by atoms with Crippen LogP contribution in [0.1, 0.15) is 37.4 Å². The molecule has 8 rings (SSSR count). The third-order valence-corrected chi connectivity index (χ3v) is 10.3. The summed E-state index contributed by atoms with van der Waals surface area (Å²) in [6.07, 6.45) is 14.1. The molecule has 0 fully saturated rings. The zero-order chi connectivity index (χ0) is 41.5. The van der Waals surface area contributed by atoms with Gasteiger partial charge in [-0.15, -0.1) is 0 Å². The molecule has 0 unspecified atom stereocenters. The van der Waals surface area contributed by atoms with E-state index in [0.29, 0.717) is 0 Å². The maximum absolute atomic E-state index is 12.7. The smallest absolute Gasteiger partial charge is 0.286 e. The predicted octanol–water partition coefficient (Wildman–Crippen LogP) is 5.00. The molecule has 0 aliphatic rings. The Balaban J connectivity index is 0.000000417. The molecule has 0 saturated heterocycles. The number of aromatic nitrogens is 5. The minimum absolute atomic E-state index is 0.178. The number of carbonyl (C=O) groups excluding carboxylic acids is 2. The molecule has 0 bridgehead atoms. The summed E-state index contributed by atoms with van der Waals surface area (Å²) in [5.74, 6) is -0.990. The van der Waals surface area contributed by atoms with Gasteiger partial charge in [0.2, 0.25) is 0 Å². The van der Waals surface area contributed by atoms with E-state index in [9.17, 15) is 22.6 Å². The number of hydrogen-bond acceptors (Lipinski definition) is 8. The first-order valence-electron chi connectivity index (χ1n) is 18.2. The SMILES string of the molecule is C[n+]1c(-c2ccc(/C=N\NC(=O)c3cncc(C(=O)N/N=C/c4ccc(-c5cn6ccccc6[n+]5C)cc4)c3)cc2)cn2ccccc21.Cc1ccc(S(=O)(=O)[O-])cc1. The van der Waals surface area contributed by atoms with Crippen LogP contribution in [0.3, 0.4) is 0 Å². The Morgan fingerprint density at radius 3 is 1.51 bits per heavy atom. The highest BCUT2D eigenvalue weighted by molar-refractivity contribution is 7.85. The Bertz CT molecular complexity index is 2810. The van der Waals surface area contributed by atoms with Crippen LogP contribution in [0.15, 0.2) is 168 Å². The molecule has 2 amide bonds. The minimum Gasteiger partial charge on any atom is -0.744 e. The van der Waals surface area contributed by atoms with Gasteiger partial charge in [-0.2, -0.15) is 10.2 Å². The zero-order valence-corrected chi connectivity index (χ0v) is 33.0. The number of pyridine rings is 3. The van der Waals surface area contributed by atoms with E-state index in [1.54, 1.807) is 24.6 Å². The van der Waals surface area contributed by atoms with Gasteiger partial charge in [0.05, 0.1) is 54.9 Å². The molecule has 3 aromatic carbocycles. The number of hydrogen-bond donors (Lipinski definition) is 2. The lowest BCUT2D eigenvalue weighted by molar-refractivity contribution is -0.633. The van der Waals surface area contributed by atoms with Crippen LogP contribution in [-0.2, 0) is 24.2 Å². The van der Waals surface area contributed by atoms with Crippen molar-refractivity contribution in [1.82, 2.24) is 24.6 Å². The van der Waals surface area contributed by atoms with Crippen molar-refractivity contribution in [3.63, 3.8) is 0 Å². The quantitative estimate of drug-likeness (QED) is 0.0901. The van der Waals surface area contributed by atoms with Crippen molar-refractivity contribution in [2.45, 2.75) is 11.8 Å². The van der Waals surface area contributed by atoms with Crippen molar-refractivity contribution >= 4 is 45.7 Å². The van der Waals surface area contributed by atoms with E-state index in [-0.39, 0.29) is 16.0 Å². The first-order chi connectivity index (χ1) is 28.4. The van der Waals surface area contributed by atoms with Crippen molar-refractivity contribution in [2.24, 2.45) is 24.3 Å². The van der Waals surface area contributed by atoms with Crippen LogP contribution < -0.4 is 20.0 Å². The predicted molar refractivity (Wildman–Crippen MR) is 222 cm³/mol. The third kappa shape index (κ3) is 9.34. The standard InChI is InChI=1S/C37H29N9O2.C7H8O3S/c1-43-32(24-45-17-5-3-7-34(43)45)28-13-9-26(10-14-28)20-39-41-36(47)30-19-31(23-38-22-30)37(48)42-40-21-27-11-15-29(16-12-27)33-25-46-18-6-4-8-35(46)44(33)2;1-6-2-4-7(5-3-6)11(8,9)10/h3-25H,1-2H3;2-5H,1H3,(H,8,9,10)/p+1/b39-20-,40-21+;. The summed E-state index contributed by atoms with van der Waals surface area (Å²) in [6, 6.07) is 35.1. The van der Waals surface area contributed by atoms with Gasteiger partial charge in [0, 0.05) is 35.7 Å². The normalized spacial score (nSPS) is 11.5. The lowest BCUT2D eigenvalue weighted by Gasteiger charge is -2.05. The number of amides is 2. The van der Waals surface area contributed by atoms with E-state index in [1.165, 1.54) is 30.6 Å². The van der Waals surface area contributed by atoms with Crippen LogP contribution in [0.2, 0.25) is 0 Å². The van der Waals surface area contributed by atoms with E-state index >= 15 is 0 Å². The first kappa shape index (κ1) is 39.6. The van der Waals surface area contributed by atoms with Crippen LogP contribution in [0.4, 0.5) is 0 Å². The van der Waals surface area contributed by atoms with Crippen molar-refractivity contribution in [3.05, 3.63) is 180 Å². The van der Waals surface area contributed by atoms with Gasteiger partial charge in [-0.25, -0.2) is 37.2 Å². The molecule has 8 aromatic rings. The molecule has 0 spiro atoms. The fourth-order valence-corrected chi connectivity index (χ4v) is 6.70. The summed E-state index contributed by atoms with van der Waals surface area (Å²) in [7, 11) is -0.208. The number of nitrogens with zero attached hydrogens (tertiary/aromatic N) is 7. The van der Waals surface area contributed by atoms with Gasteiger partial charge in [-0.1, -0.05) is 54.1 Å². The van der Waals surface area contributed by atoms with Gasteiger partial charge >= 0.3 is 0 Å². The van der Waals surface area contributed by atoms with E-state index in [4.69, 9.17) is 0 Å². The zero-order valence-electron chi connectivity index (χ0n) is 32.2. The highest BCUT2D eigenvalue weighted by Crippen LogP contribution is 2.19. The average Bonchev–Trinajstić information content (AvgIpc) is 3.77. The Hall–Kier alpha value is -7.62. The number of imidazole rings is 2. The second-order valence-electron chi connectivity index (χ2n) is 13.5. The molecule has 2 N–H and O–H groups in total. The number of rotatable bonds is 9. The highest BCUT2D eigenvalue weighted by Gasteiger charge is 2.17. The Morgan fingerprint density at radius 2 is 1.10 bits per heavy atom. The maximum atomic E-state index is 12.7. The van der Waals surface area contributed by atoms with Crippen LogP contribution >= 0.6 is 0 Å². The van der Waals surface area contributed by atoms with Gasteiger partial charge in [0.1, 0.15) is 22.5 Å². The Morgan fingerprint density at radius 1 is 0.661 bits per heavy atom. The first-order valence-corrected chi connectivity index (χ1v) is 19.6. The molecule has 5 aromatic heterocycles. The number of hydrazone groups is 2. The molecule has 59 heavy (non-hydrogen) atoms. The molecule has 0 aliphatic heterocycles. The Labute approximate surface area is 339 Å². The molecule has 294 valence electrons. The van der Waals surface area contributed by atoms with Crippen LogP contribution in [-0.4, -0.2) is 51.0 Å². The monoisotopic (exact) mass is 804 g/mol. The maximum Gasteiger partial charge on any atom is 0.286 e. The van der Waals surface area contributed by atoms with E-state index < -0.39 is 21.9 Å². The molecular weight excluding hydrogens is 767 g/mol. The summed E-state index contributed by atoms with van der Waals surface area (Å²) in [5, 5.41) is 8.17. The summed E-state index contributed by atoms with van der Waals surface area (Å²) in [4.78, 5) is 29.3. The highest BCUT2D eigenvalue weighted by atomic mass is 32.2. The number of nitrogens with one attached hydrogen (secondary N) is 2. The summed E-state index contributed by atoms with van der Waals surface area (Å²) >= 11 is 0. The van der Waals surface area contributed by atoms with Gasteiger partial charge in [-0.05, 0) is 72.6 Å². The summed E-state index contributed by atoms with van der Waals surface area (Å²) in [6.45, 7) is 1.82. The van der Waals surface area contributed by atoms with Crippen LogP contribution in [0.25, 0.3) is 33.8 Å². The molecule has 0 atom stereocenters. The molecule has 5 heterocycles. The lowest BCUT2D eigenvalue weighted by Crippen LogP contribution is -2.29. The van der Waals surface area contributed by atoms with Crippen molar-refractivity contribution in [1.29, 1.82) is 0 Å². The number of fused-ring (bicyclic) bond motifs is 2. The van der Waals surface area contributed by atoms with Gasteiger partial charge < -0.3 is 4.55 Å². The topological polar surface area (TPSA) is 170 Å². The van der Waals surface area contributed by atoms with Crippen molar-refractivity contribution < 1.29 is 31.7 Å². The van der Waals surface area contributed by atoms with E-state index in [1.807, 2.05) is 106 Å². The average molecular weight is 805 g/mol. The lowest BCUT2D eigenvalue weighted by atomic mass is 10.1. The van der Waals surface area contributed by atoms with Gasteiger partial charge in [0.25, 0.3) is 23.1 Å².